The first-order valence-electron chi connectivity index (χ1n) is 8.44. The quantitative estimate of drug-likeness (QED) is 0.774. The molecule has 0 radical (unpaired) electrons. The molecule has 1 aliphatic carbocycles. The van der Waals surface area contributed by atoms with Crippen LogP contribution in [0.15, 0.2) is 18.0 Å². The van der Waals surface area contributed by atoms with E-state index in [4.69, 9.17) is 9.47 Å². The van der Waals surface area contributed by atoms with Crippen LogP contribution in [0.2, 0.25) is 0 Å². The fourth-order valence-electron chi connectivity index (χ4n) is 3.12. The molecule has 1 aromatic heterocycles. The van der Waals surface area contributed by atoms with Gasteiger partial charge in [0.05, 0.1) is 13.7 Å². The minimum atomic E-state index is 0.424. The van der Waals surface area contributed by atoms with Crippen molar-refractivity contribution in [2.45, 2.75) is 46.1 Å². The minimum Gasteiger partial charge on any atom is -0.491 e. The van der Waals surface area contributed by atoms with E-state index in [0.717, 1.165) is 18.1 Å². The third kappa shape index (κ3) is 5.20. The molecule has 0 aromatic carbocycles. The summed E-state index contributed by atoms with van der Waals surface area (Å²) in [5.74, 6) is 2.79. The van der Waals surface area contributed by atoms with Crippen molar-refractivity contribution in [1.29, 1.82) is 0 Å². The van der Waals surface area contributed by atoms with Gasteiger partial charge in [-0.15, -0.1) is 0 Å². The highest BCUT2D eigenvalue weighted by atomic mass is 16.5. The molecule has 5 heteroatoms. The fourth-order valence-corrected chi connectivity index (χ4v) is 3.12. The summed E-state index contributed by atoms with van der Waals surface area (Å²) in [7, 11) is 3.30. The summed E-state index contributed by atoms with van der Waals surface area (Å²) in [6, 6.07) is 0. The van der Waals surface area contributed by atoms with E-state index >= 15 is 0 Å². The van der Waals surface area contributed by atoms with Gasteiger partial charge in [-0.25, -0.2) is 9.97 Å². The standard InChI is InChI=1S/C18H29N3O2/c1-13(2)9-14-5-7-15(8-6-14)10-19-18-17(23-4)16(11-22-3)20-12-21-18/h9,12-13,15H,5-8,10-11H2,1-4H3,(H,19,20,21). The Labute approximate surface area is 139 Å². The molecular formula is C18H29N3O2. The van der Waals surface area contributed by atoms with Crippen molar-refractivity contribution >= 4 is 5.82 Å². The molecule has 0 amide bonds. The van der Waals surface area contributed by atoms with Crippen LogP contribution in [0.25, 0.3) is 0 Å². The van der Waals surface area contributed by atoms with Crippen molar-refractivity contribution in [1.82, 2.24) is 9.97 Å². The molecule has 128 valence electrons. The highest BCUT2D eigenvalue weighted by molar-refractivity contribution is 5.52. The van der Waals surface area contributed by atoms with E-state index in [1.54, 1.807) is 26.1 Å². The van der Waals surface area contributed by atoms with Crippen molar-refractivity contribution in [2.75, 3.05) is 26.1 Å². The number of hydrogen-bond donors (Lipinski definition) is 1. The number of rotatable bonds is 7. The largest absolute Gasteiger partial charge is 0.491 e. The highest BCUT2D eigenvalue weighted by Crippen LogP contribution is 2.30. The van der Waals surface area contributed by atoms with Gasteiger partial charge in [0.25, 0.3) is 0 Å². The van der Waals surface area contributed by atoms with Gasteiger partial charge in [0.15, 0.2) is 11.6 Å². The summed E-state index contributed by atoms with van der Waals surface area (Å²) in [6.07, 6.45) is 8.91. The average molecular weight is 319 g/mol. The van der Waals surface area contributed by atoms with Crippen molar-refractivity contribution in [3.05, 3.63) is 23.7 Å². The Bertz CT molecular complexity index is 519. The fraction of sp³-hybridized carbons (Fsp3) is 0.667. The number of allylic oxidation sites excluding steroid dienone is 2. The van der Waals surface area contributed by atoms with Crippen LogP contribution in [0.5, 0.6) is 5.75 Å². The van der Waals surface area contributed by atoms with Gasteiger partial charge in [-0.3, -0.25) is 0 Å². The lowest BCUT2D eigenvalue weighted by Gasteiger charge is -2.25. The van der Waals surface area contributed by atoms with Crippen LogP contribution >= 0.6 is 0 Å². The number of anilines is 1. The maximum Gasteiger partial charge on any atom is 0.185 e. The Kier molecular flexibility index (Phi) is 6.84. The molecule has 0 aliphatic heterocycles. The van der Waals surface area contributed by atoms with Crippen molar-refractivity contribution < 1.29 is 9.47 Å². The Morgan fingerprint density at radius 2 is 2.00 bits per heavy atom. The molecule has 1 N–H and O–H groups in total. The molecule has 0 spiro atoms. The Morgan fingerprint density at radius 1 is 1.26 bits per heavy atom. The molecule has 0 bridgehead atoms. The molecule has 0 saturated heterocycles. The monoisotopic (exact) mass is 319 g/mol. The minimum absolute atomic E-state index is 0.424. The number of nitrogens with zero attached hydrogens (tertiary/aromatic N) is 2. The van der Waals surface area contributed by atoms with Gasteiger partial charge < -0.3 is 14.8 Å². The van der Waals surface area contributed by atoms with Crippen LogP contribution in [-0.2, 0) is 11.3 Å². The van der Waals surface area contributed by atoms with Gasteiger partial charge in [0, 0.05) is 13.7 Å². The van der Waals surface area contributed by atoms with Crippen LogP contribution in [0, 0.1) is 11.8 Å². The first-order valence-corrected chi connectivity index (χ1v) is 8.44. The normalized spacial score (nSPS) is 18.1. The van der Waals surface area contributed by atoms with Crippen LogP contribution < -0.4 is 10.1 Å². The summed E-state index contributed by atoms with van der Waals surface area (Å²) in [5, 5.41) is 3.44. The Balaban J connectivity index is 1.91. The zero-order valence-electron chi connectivity index (χ0n) is 14.8. The van der Waals surface area contributed by atoms with E-state index in [9.17, 15) is 0 Å². The van der Waals surface area contributed by atoms with Crippen molar-refractivity contribution in [3.63, 3.8) is 0 Å². The third-order valence-corrected chi connectivity index (χ3v) is 4.24. The second-order valence-corrected chi connectivity index (χ2v) is 6.53. The van der Waals surface area contributed by atoms with E-state index in [2.05, 4.69) is 35.2 Å². The van der Waals surface area contributed by atoms with E-state index in [1.165, 1.54) is 25.7 Å². The van der Waals surface area contributed by atoms with Crippen molar-refractivity contribution in [2.24, 2.45) is 11.8 Å². The van der Waals surface area contributed by atoms with Gasteiger partial charge in [0.2, 0.25) is 0 Å². The molecule has 23 heavy (non-hydrogen) atoms. The second kappa shape index (κ2) is 8.87. The van der Waals surface area contributed by atoms with Crippen LogP contribution in [0.4, 0.5) is 5.82 Å². The van der Waals surface area contributed by atoms with Crippen molar-refractivity contribution in [3.8, 4) is 5.75 Å². The number of hydrogen-bond acceptors (Lipinski definition) is 5. The molecule has 1 fully saturated rings. The number of aromatic nitrogens is 2. The van der Waals surface area contributed by atoms with Gasteiger partial charge in [-0.1, -0.05) is 25.5 Å². The van der Waals surface area contributed by atoms with Crippen LogP contribution in [-0.4, -0.2) is 30.7 Å². The lowest BCUT2D eigenvalue weighted by Crippen LogP contribution is -2.19. The first-order chi connectivity index (χ1) is 11.1. The van der Waals surface area contributed by atoms with E-state index in [0.29, 0.717) is 24.2 Å². The summed E-state index contributed by atoms with van der Waals surface area (Å²) in [5.41, 5.74) is 2.40. The van der Waals surface area contributed by atoms with E-state index in [-0.39, 0.29) is 0 Å². The molecule has 1 heterocycles. The van der Waals surface area contributed by atoms with Crippen LogP contribution in [0.3, 0.4) is 0 Å². The van der Waals surface area contributed by atoms with Crippen LogP contribution in [0.1, 0.15) is 45.2 Å². The number of methoxy groups -OCH3 is 2. The lowest BCUT2D eigenvalue weighted by atomic mass is 9.84. The van der Waals surface area contributed by atoms with Gasteiger partial charge >= 0.3 is 0 Å². The number of nitrogens with one attached hydrogen (secondary N) is 1. The highest BCUT2D eigenvalue weighted by Gasteiger charge is 2.18. The average Bonchev–Trinajstić information content (AvgIpc) is 2.54. The molecule has 0 unspecified atom stereocenters. The van der Waals surface area contributed by atoms with Gasteiger partial charge in [0.1, 0.15) is 12.0 Å². The van der Waals surface area contributed by atoms with Gasteiger partial charge in [-0.2, -0.15) is 0 Å². The topological polar surface area (TPSA) is 56.3 Å². The molecular weight excluding hydrogens is 290 g/mol. The summed E-state index contributed by atoms with van der Waals surface area (Å²) in [4.78, 5) is 8.54. The Hall–Kier alpha value is -1.62. The van der Waals surface area contributed by atoms with E-state index < -0.39 is 0 Å². The lowest BCUT2D eigenvalue weighted by molar-refractivity contribution is 0.178. The third-order valence-electron chi connectivity index (χ3n) is 4.24. The molecule has 1 saturated carbocycles. The predicted octanol–water partition coefficient (Wildman–Crippen LogP) is 3.82. The SMILES string of the molecule is COCc1ncnc(NCC2CCC(=CC(C)C)CC2)c1OC. The molecule has 0 atom stereocenters. The number of ether oxygens (including phenoxy) is 2. The van der Waals surface area contributed by atoms with Gasteiger partial charge in [-0.05, 0) is 37.5 Å². The Morgan fingerprint density at radius 3 is 2.61 bits per heavy atom. The molecule has 2 rings (SSSR count). The molecule has 1 aromatic rings. The predicted molar refractivity (Wildman–Crippen MR) is 92.7 cm³/mol. The summed E-state index contributed by atoms with van der Waals surface area (Å²) < 4.78 is 10.6. The first kappa shape index (κ1) is 17.7. The smallest absolute Gasteiger partial charge is 0.185 e. The zero-order valence-corrected chi connectivity index (χ0v) is 14.8. The summed E-state index contributed by atoms with van der Waals surface area (Å²) in [6.45, 7) is 5.85. The van der Waals surface area contributed by atoms with E-state index in [1.807, 2.05) is 0 Å². The zero-order chi connectivity index (χ0) is 16.7. The molecule has 1 aliphatic rings. The maximum atomic E-state index is 5.45. The summed E-state index contributed by atoms with van der Waals surface area (Å²) >= 11 is 0. The molecule has 5 nitrogen and oxygen atoms in total. The second-order valence-electron chi connectivity index (χ2n) is 6.53. The maximum absolute atomic E-state index is 5.45.